The van der Waals surface area contributed by atoms with Gasteiger partial charge in [-0.3, -0.25) is 14.5 Å². The number of nitrogens with zero attached hydrogens (tertiary/aromatic N) is 3. The van der Waals surface area contributed by atoms with E-state index in [4.69, 9.17) is 14.2 Å². The average Bonchev–Trinajstić information content (AvgIpc) is 3.22. The number of piperazine rings is 1. The zero-order chi connectivity index (χ0) is 44.1. The number of ether oxygens (including phenoxy) is 4. The summed E-state index contributed by atoms with van der Waals surface area (Å²) in [5, 5.41) is 4.21. The van der Waals surface area contributed by atoms with Crippen LogP contribution in [0.15, 0.2) is 96.2 Å². The van der Waals surface area contributed by atoms with Crippen molar-refractivity contribution in [3.63, 3.8) is 0 Å². The molecule has 0 saturated carbocycles. The van der Waals surface area contributed by atoms with Gasteiger partial charge in [-0.1, -0.05) is 72.8 Å². The van der Waals surface area contributed by atoms with E-state index in [1.54, 1.807) is 74.2 Å². The molecule has 0 radical (unpaired) electrons. The van der Waals surface area contributed by atoms with E-state index in [1.807, 2.05) is 19.2 Å². The van der Waals surface area contributed by atoms with E-state index in [1.165, 1.54) is 16.7 Å². The molecule has 3 aromatic rings. The number of likely N-dealkylation sites (N-methyl/N-ethyl adjacent to an activating group) is 1. The predicted octanol–water partition coefficient (Wildman–Crippen LogP) is 5.09. The fourth-order valence-corrected chi connectivity index (χ4v) is 7.94. The van der Waals surface area contributed by atoms with Gasteiger partial charge in [0.25, 0.3) is 5.91 Å². The van der Waals surface area contributed by atoms with Crippen molar-refractivity contribution in [1.82, 2.24) is 25.3 Å². The average molecular weight is 868 g/mol. The normalized spacial score (nSPS) is 18.7. The second kappa shape index (κ2) is 18.7. The van der Waals surface area contributed by atoms with Gasteiger partial charge in [0.1, 0.15) is 41.1 Å². The summed E-state index contributed by atoms with van der Waals surface area (Å²) >= 11 is 1.19. The molecule has 2 saturated heterocycles. The number of thioether (sulfide) groups is 1. The Labute approximate surface area is 353 Å². The number of halogens is 3. The Morgan fingerprint density at radius 2 is 1.43 bits per heavy atom. The number of carbonyl (C=O) groups is 6. The molecule has 324 valence electrons. The minimum absolute atomic E-state index is 0.0385. The first-order chi connectivity index (χ1) is 28.9. The summed E-state index contributed by atoms with van der Waals surface area (Å²) in [6.45, 7) is 6.64. The standard InChI is InChI=1S/C42H44F3N5O10S/c1-41(2,3)60-39(55)47-30(25-15-17-29(18-16-25)58-38(54)42(43,44)45)34(51)46-31-35(52)50-32(28(24-61-36(31)50)23-57-40(56)49-21-19-48(4)20-22-49)37(53)59-33(26-11-7-5-8-12-26)27-13-9-6-10-14-27/h5-18,30-31,33,36H,19-24H2,1-4H3,(H,46,51)(H,47,55)/t30?,31?,36-/m0/s1. The number of alkyl carbamates (subject to hydrolysis) is 1. The Bertz CT molecular complexity index is 2100. The lowest BCUT2D eigenvalue weighted by molar-refractivity contribution is -0.189. The highest BCUT2D eigenvalue weighted by molar-refractivity contribution is 8.00. The number of alkyl halides is 3. The Hall–Kier alpha value is -6.08. The number of rotatable bonds is 11. The lowest BCUT2D eigenvalue weighted by Crippen LogP contribution is -2.71. The van der Waals surface area contributed by atoms with E-state index in [0.717, 1.165) is 24.3 Å². The van der Waals surface area contributed by atoms with E-state index in [0.29, 0.717) is 42.9 Å². The fourth-order valence-electron chi connectivity index (χ4n) is 6.61. The van der Waals surface area contributed by atoms with Crippen LogP contribution in [-0.2, 0) is 33.4 Å². The van der Waals surface area contributed by atoms with Gasteiger partial charge in [-0.15, -0.1) is 11.8 Å². The van der Waals surface area contributed by atoms with E-state index >= 15 is 0 Å². The summed E-state index contributed by atoms with van der Waals surface area (Å²) in [6, 6.07) is 19.5. The van der Waals surface area contributed by atoms with Crippen molar-refractivity contribution >= 4 is 47.7 Å². The van der Waals surface area contributed by atoms with Gasteiger partial charge in [0.05, 0.1) is 0 Å². The van der Waals surface area contributed by atoms with Crippen LogP contribution in [-0.4, -0.2) is 119 Å². The molecular weight excluding hydrogens is 824 g/mol. The molecule has 3 aliphatic heterocycles. The monoisotopic (exact) mass is 867 g/mol. The molecule has 3 aliphatic rings. The smallest absolute Gasteiger partial charge is 0.448 e. The van der Waals surface area contributed by atoms with Crippen molar-refractivity contribution in [2.45, 2.75) is 56.1 Å². The number of fused-ring (bicyclic) bond motifs is 1. The SMILES string of the molecule is CN1CCN(C(=O)OCC2=C(C(=O)OC(c3ccccc3)c3ccccc3)N3C(=O)C(NC(=O)C(NC(=O)OC(C)(C)C)c4ccc(OC(=O)C(F)(F)F)cc4)[C@@H]3SC2)CC1. The summed E-state index contributed by atoms with van der Waals surface area (Å²) in [7, 11) is 1.94. The number of carbonyl (C=O) groups excluding carboxylic acids is 6. The van der Waals surface area contributed by atoms with Crippen LogP contribution >= 0.6 is 11.8 Å². The van der Waals surface area contributed by atoms with Crippen molar-refractivity contribution in [3.8, 4) is 5.75 Å². The van der Waals surface area contributed by atoms with Gasteiger partial charge in [0, 0.05) is 37.5 Å². The molecule has 0 aromatic heterocycles. The second-order valence-electron chi connectivity index (χ2n) is 15.3. The Kier molecular flexibility index (Phi) is 13.6. The van der Waals surface area contributed by atoms with Crippen molar-refractivity contribution in [1.29, 1.82) is 0 Å². The predicted molar refractivity (Wildman–Crippen MR) is 214 cm³/mol. The van der Waals surface area contributed by atoms with Crippen LogP contribution in [0.4, 0.5) is 22.8 Å². The first-order valence-electron chi connectivity index (χ1n) is 19.2. The van der Waals surface area contributed by atoms with Crippen molar-refractivity contribution in [3.05, 3.63) is 113 Å². The molecule has 3 aromatic carbocycles. The summed E-state index contributed by atoms with van der Waals surface area (Å²) in [5.41, 5.74) is 0.525. The topological polar surface area (TPSA) is 173 Å². The van der Waals surface area contributed by atoms with Crippen molar-refractivity contribution in [2.75, 3.05) is 45.6 Å². The highest BCUT2D eigenvalue weighted by atomic mass is 32.2. The number of amides is 4. The Morgan fingerprint density at radius 1 is 0.836 bits per heavy atom. The van der Waals surface area contributed by atoms with Gasteiger partial charge in [0.2, 0.25) is 5.91 Å². The van der Waals surface area contributed by atoms with Crippen LogP contribution in [0.1, 0.15) is 49.6 Å². The van der Waals surface area contributed by atoms with Crippen LogP contribution in [0.2, 0.25) is 0 Å². The summed E-state index contributed by atoms with van der Waals surface area (Å²) < 4.78 is 60.0. The van der Waals surface area contributed by atoms with Crippen LogP contribution in [0.5, 0.6) is 5.75 Å². The molecule has 15 nitrogen and oxygen atoms in total. The third-order valence-corrected chi connectivity index (χ3v) is 11.0. The van der Waals surface area contributed by atoms with Crippen molar-refractivity contribution < 1.29 is 60.9 Å². The third-order valence-electron chi connectivity index (χ3n) is 9.68. The number of esters is 2. The van der Waals surface area contributed by atoms with Crippen LogP contribution in [0.3, 0.4) is 0 Å². The maximum Gasteiger partial charge on any atom is 0.491 e. The Morgan fingerprint density at radius 3 is 1.98 bits per heavy atom. The minimum atomic E-state index is -5.26. The molecule has 0 spiro atoms. The largest absolute Gasteiger partial charge is 0.491 e. The van der Waals surface area contributed by atoms with Gasteiger partial charge in [-0.2, -0.15) is 13.2 Å². The van der Waals surface area contributed by atoms with Crippen LogP contribution in [0, 0.1) is 0 Å². The lowest BCUT2D eigenvalue weighted by atomic mass is 10.00. The number of hydrogen-bond acceptors (Lipinski definition) is 12. The fraction of sp³-hybridized carbons (Fsp3) is 0.381. The molecule has 2 fully saturated rings. The van der Waals surface area contributed by atoms with E-state index in [2.05, 4.69) is 20.3 Å². The molecule has 6 rings (SSSR count). The molecule has 0 aliphatic carbocycles. The summed E-state index contributed by atoms with van der Waals surface area (Å²) in [5.74, 6) is -5.32. The zero-order valence-corrected chi connectivity index (χ0v) is 34.4. The summed E-state index contributed by atoms with van der Waals surface area (Å²) in [6.07, 6.45) is -7.75. The van der Waals surface area contributed by atoms with Gasteiger partial charge in [0.15, 0.2) is 6.10 Å². The zero-order valence-electron chi connectivity index (χ0n) is 33.6. The molecule has 3 atom stereocenters. The van der Waals surface area contributed by atoms with E-state index < -0.39 is 77.0 Å². The van der Waals surface area contributed by atoms with Crippen LogP contribution in [0.25, 0.3) is 0 Å². The number of hydrogen-bond donors (Lipinski definition) is 2. The molecule has 19 heteroatoms. The lowest BCUT2D eigenvalue weighted by Gasteiger charge is -2.50. The van der Waals surface area contributed by atoms with Gasteiger partial charge < -0.3 is 39.4 Å². The molecule has 61 heavy (non-hydrogen) atoms. The molecule has 0 bridgehead atoms. The highest BCUT2D eigenvalue weighted by Gasteiger charge is 2.55. The number of benzene rings is 3. The molecule has 2 unspecified atom stereocenters. The maximum atomic E-state index is 14.4. The first kappa shape index (κ1) is 44.5. The number of nitrogens with one attached hydrogen (secondary N) is 2. The molecule has 4 amide bonds. The van der Waals surface area contributed by atoms with Gasteiger partial charge in [-0.25, -0.2) is 19.2 Å². The number of β-lactam (4-membered cyclic amide) rings is 1. The van der Waals surface area contributed by atoms with Gasteiger partial charge in [-0.05, 0) is 56.6 Å². The molecule has 2 N–H and O–H groups in total. The third kappa shape index (κ3) is 11.0. The molecule has 3 heterocycles. The van der Waals surface area contributed by atoms with Crippen LogP contribution < -0.4 is 15.4 Å². The van der Waals surface area contributed by atoms with E-state index in [-0.39, 0.29) is 23.6 Å². The molecular formula is C42H44F3N5O10S. The Balaban J connectivity index is 1.25. The second-order valence-corrected chi connectivity index (χ2v) is 16.4. The minimum Gasteiger partial charge on any atom is -0.448 e. The first-order valence-corrected chi connectivity index (χ1v) is 20.2. The maximum absolute atomic E-state index is 14.4. The van der Waals surface area contributed by atoms with E-state index in [9.17, 15) is 41.9 Å². The quantitative estimate of drug-likeness (QED) is 0.113. The highest BCUT2D eigenvalue weighted by Crippen LogP contribution is 2.42. The van der Waals surface area contributed by atoms with Crippen molar-refractivity contribution in [2.24, 2.45) is 0 Å². The summed E-state index contributed by atoms with van der Waals surface area (Å²) in [4.78, 5) is 84.7. The van der Waals surface area contributed by atoms with Gasteiger partial charge >= 0.3 is 30.3 Å².